The maximum Gasteiger partial charge on any atom is 0.197 e. The first-order chi connectivity index (χ1) is 12.1. The van der Waals surface area contributed by atoms with Crippen LogP contribution < -0.4 is 5.32 Å². The molecule has 0 aliphatic heterocycles. The summed E-state index contributed by atoms with van der Waals surface area (Å²) in [6, 6.07) is 4.11. The monoisotopic (exact) mass is 358 g/mol. The predicted molar refractivity (Wildman–Crippen MR) is 107 cm³/mol. The summed E-state index contributed by atoms with van der Waals surface area (Å²) in [6.07, 6.45) is 1.95. The Balaban J connectivity index is 1.87. The van der Waals surface area contributed by atoms with Gasteiger partial charge in [0.15, 0.2) is 4.77 Å². The highest BCUT2D eigenvalue weighted by molar-refractivity contribution is 7.71. The molecule has 0 aliphatic rings. The number of fused-ring (bicyclic) bond motifs is 2. The molecule has 3 N–H and O–H groups in total. The molecule has 0 saturated heterocycles. The largest absolute Gasteiger partial charge is 0.369 e. The molecule has 0 unspecified atom stereocenters. The molecular formula is C18H26N6S. The minimum Gasteiger partial charge on any atom is -0.369 e. The second-order valence-electron chi connectivity index (χ2n) is 6.15. The third-order valence-electron chi connectivity index (χ3n) is 4.55. The van der Waals surface area contributed by atoms with Crippen molar-refractivity contribution in [3.8, 4) is 0 Å². The van der Waals surface area contributed by atoms with Gasteiger partial charge in [0.25, 0.3) is 0 Å². The van der Waals surface area contributed by atoms with Gasteiger partial charge in [0.05, 0.1) is 16.6 Å². The lowest BCUT2D eigenvalue weighted by Gasteiger charge is -2.18. The van der Waals surface area contributed by atoms with Crippen LogP contribution in [-0.4, -0.2) is 51.0 Å². The molecule has 3 aromatic rings. The van der Waals surface area contributed by atoms with Gasteiger partial charge in [0.2, 0.25) is 0 Å². The van der Waals surface area contributed by atoms with Gasteiger partial charge >= 0.3 is 0 Å². The quantitative estimate of drug-likeness (QED) is 0.421. The normalized spacial score (nSPS) is 11.7. The molecule has 2 aromatic heterocycles. The zero-order valence-corrected chi connectivity index (χ0v) is 16.0. The van der Waals surface area contributed by atoms with Gasteiger partial charge in [-0.1, -0.05) is 20.8 Å². The summed E-state index contributed by atoms with van der Waals surface area (Å²) in [5, 5.41) is 4.58. The number of nitrogens with one attached hydrogen (secondary N) is 3. The highest BCUT2D eigenvalue weighted by atomic mass is 32.1. The molecule has 0 amide bonds. The van der Waals surface area contributed by atoms with Gasteiger partial charge in [-0.3, -0.25) is 0 Å². The first-order valence-corrected chi connectivity index (χ1v) is 9.44. The summed E-state index contributed by atoms with van der Waals surface area (Å²) in [5.74, 6) is 1.89. The number of hydrogen-bond donors (Lipinski definition) is 3. The molecular weight excluding hydrogens is 332 g/mol. The number of imidazole rings is 1. The second-order valence-corrected chi connectivity index (χ2v) is 6.54. The Morgan fingerprint density at radius 1 is 1.08 bits per heavy atom. The maximum atomic E-state index is 5.15. The summed E-state index contributed by atoms with van der Waals surface area (Å²) in [4.78, 5) is 18.1. The molecule has 2 heterocycles. The van der Waals surface area contributed by atoms with E-state index >= 15 is 0 Å². The Hall–Kier alpha value is -1.99. The predicted octanol–water partition coefficient (Wildman–Crippen LogP) is 3.87. The van der Waals surface area contributed by atoms with Crippen molar-refractivity contribution in [3.05, 3.63) is 22.7 Å². The van der Waals surface area contributed by atoms with E-state index < -0.39 is 0 Å². The summed E-state index contributed by atoms with van der Waals surface area (Å²) in [5.41, 5.74) is 2.87. The fourth-order valence-corrected chi connectivity index (χ4v) is 3.27. The highest BCUT2D eigenvalue weighted by Crippen LogP contribution is 2.25. The lowest BCUT2D eigenvalue weighted by molar-refractivity contribution is 0.303. The lowest BCUT2D eigenvalue weighted by Crippen LogP contribution is -2.25. The number of aromatic nitrogens is 4. The van der Waals surface area contributed by atoms with Crippen LogP contribution in [0.1, 0.15) is 33.0 Å². The second kappa shape index (κ2) is 7.93. The Kier molecular flexibility index (Phi) is 5.65. The van der Waals surface area contributed by atoms with Gasteiger partial charge in [-0.15, -0.1) is 0 Å². The number of rotatable bonds is 8. The minimum atomic E-state index is 0.516. The first-order valence-electron chi connectivity index (χ1n) is 9.03. The van der Waals surface area contributed by atoms with Crippen molar-refractivity contribution in [2.75, 3.05) is 31.5 Å². The molecule has 0 atom stereocenters. The number of nitrogens with zero attached hydrogens (tertiary/aromatic N) is 3. The third kappa shape index (κ3) is 3.99. The molecule has 0 fully saturated rings. The van der Waals surface area contributed by atoms with Gasteiger partial charge < -0.3 is 20.2 Å². The van der Waals surface area contributed by atoms with E-state index in [-0.39, 0.29) is 0 Å². The first kappa shape index (κ1) is 17.8. The maximum absolute atomic E-state index is 5.15. The van der Waals surface area contributed by atoms with E-state index in [0.29, 0.717) is 4.77 Å². The molecule has 0 radical (unpaired) electrons. The SMILES string of the molecule is CCc1nc(NCCCN(CC)CC)c2cc3[nH]c(=S)nc3cc2[nH]1. The van der Waals surface area contributed by atoms with Gasteiger partial charge in [-0.25, -0.2) is 9.97 Å². The Morgan fingerprint density at radius 2 is 1.88 bits per heavy atom. The number of benzene rings is 1. The molecule has 6 nitrogen and oxygen atoms in total. The van der Waals surface area contributed by atoms with Crippen LogP contribution in [-0.2, 0) is 6.42 Å². The molecule has 1 aromatic carbocycles. The van der Waals surface area contributed by atoms with E-state index in [2.05, 4.69) is 52.0 Å². The molecule has 7 heteroatoms. The van der Waals surface area contributed by atoms with Gasteiger partial charge in [0.1, 0.15) is 11.6 Å². The van der Waals surface area contributed by atoms with E-state index in [4.69, 9.17) is 17.2 Å². The average molecular weight is 359 g/mol. The van der Waals surface area contributed by atoms with Crippen molar-refractivity contribution in [3.63, 3.8) is 0 Å². The minimum absolute atomic E-state index is 0.516. The van der Waals surface area contributed by atoms with E-state index in [1.165, 1.54) is 0 Å². The molecule has 0 bridgehead atoms. The van der Waals surface area contributed by atoms with Crippen molar-refractivity contribution in [1.82, 2.24) is 24.8 Å². The van der Waals surface area contributed by atoms with E-state index in [0.717, 1.165) is 72.6 Å². The third-order valence-corrected chi connectivity index (χ3v) is 4.75. The zero-order chi connectivity index (χ0) is 17.8. The highest BCUT2D eigenvalue weighted by Gasteiger charge is 2.09. The molecule has 0 saturated carbocycles. The van der Waals surface area contributed by atoms with E-state index in [9.17, 15) is 0 Å². The zero-order valence-electron chi connectivity index (χ0n) is 15.1. The summed E-state index contributed by atoms with van der Waals surface area (Å²) in [7, 11) is 0. The number of H-pyrrole nitrogens is 2. The number of aryl methyl sites for hydroxylation is 1. The summed E-state index contributed by atoms with van der Waals surface area (Å²) in [6.45, 7) is 10.7. The lowest BCUT2D eigenvalue weighted by atomic mass is 10.2. The summed E-state index contributed by atoms with van der Waals surface area (Å²) >= 11 is 5.15. The van der Waals surface area contributed by atoms with Crippen molar-refractivity contribution in [1.29, 1.82) is 0 Å². The Bertz CT molecular complexity index is 909. The van der Waals surface area contributed by atoms with Gasteiger partial charge in [0, 0.05) is 18.4 Å². The average Bonchev–Trinajstić information content (AvgIpc) is 2.98. The smallest absolute Gasteiger partial charge is 0.197 e. The van der Waals surface area contributed by atoms with Crippen LogP contribution in [0.2, 0.25) is 0 Å². The van der Waals surface area contributed by atoms with Crippen molar-refractivity contribution < 1.29 is 0 Å². The fraction of sp³-hybridized carbons (Fsp3) is 0.500. The fourth-order valence-electron chi connectivity index (χ4n) is 3.06. The topological polar surface area (TPSA) is 72.6 Å². The standard InChI is InChI=1S/C18H26N6S/c1-4-16-20-13-11-15-14(21-18(25)22-15)10-12(13)17(23-16)19-8-7-9-24(5-2)6-3/h10-11,19H,4-9H2,1-3H3,(H,20,23)(H,21,25). The van der Waals surface area contributed by atoms with Crippen LogP contribution in [0.15, 0.2) is 12.1 Å². The van der Waals surface area contributed by atoms with Crippen molar-refractivity contribution >= 4 is 40.0 Å². The van der Waals surface area contributed by atoms with Crippen LogP contribution in [0, 0.1) is 4.77 Å². The van der Waals surface area contributed by atoms with Gasteiger partial charge in [-0.2, -0.15) is 0 Å². The van der Waals surface area contributed by atoms with Crippen molar-refractivity contribution in [2.24, 2.45) is 0 Å². The summed E-state index contributed by atoms with van der Waals surface area (Å²) < 4.78 is 0.516. The molecule has 134 valence electrons. The van der Waals surface area contributed by atoms with Crippen LogP contribution in [0.3, 0.4) is 0 Å². The van der Waals surface area contributed by atoms with Gasteiger partial charge in [-0.05, 0) is 50.4 Å². The van der Waals surface area contributed by atoms with Crippen LogP contribution >= 0.6 is 12.2 Å². The van der Waals surface area contributed by atoms with E-state index in [1.807, 2.05) is 6.07 Å². The van der Waals surface area contributed by atoms with Crippen molar-refractivity contribution in [2.45, 2.75) is 33.6 Å². The number of hydrogen-bond acceptors (Lipinski definition) is 5. The number of aromatic amines is 2. The Morgan fingerprint density at radius 3 is 2.60 bits per heavy atom. The van der Waals surface area contributed by atoms with Crippen LogP contribution in [0.4, 0.5) is 5.82 Å². The number of anilines is 1. The molecule has 0 spiro atoms. The molecule has 3 rings (SSSR count). The Labute approximate surface area is 153 Å². The van der Waals surface area contributed by atoms with Crippen LogP contribution in [0.5, 0.6) is 0 Å². The van der Waals surface area contributed by atoms with Crippen LogP contribution in [0.25, 0.3) is 21.9 Å². The van der Waals surface area contributed by atoms with E-state index in [1.54, 1.807) is 0 Å². The molecule has 25 heavy (non-hydrogen) atoms. The molecule has 0 aliphatic carbocycles.